The van der Waals surface area contributed by atoms with Gasteiger partial charge in [-0.2, -0.15) is 0 Å². The van der Waals surface area contributed by atoms with Gasteiger partial charge >= 0.3 is 11.9 Å². The van der Waals surface area contributed by atoms with Gasteiger partial charge in [0.05, 0.1) is 7.11 Å². The summed E-state index contributed by atoms with van der Waals surface area (Å²) >= 11 is 0. The Morgan fingerprint density at radius 3 is 2.47 bits per heavy atom. The van der Waals surface area contributed by atoms with Gasteiger partial charge < -0.3 is 20.3 Å². The molecule has 0 atom stereocenters. The van der Waals surface area contributed by atoms with Crippen molar-refractivity contribution in [1.82, 2.24) is 0 Å². The summed E-state index contributed by atoms with van der Waals surface area (Å²) < 4.78 is 8.28. The van der Waals surface area contributed by atoms with Gasteiger partial charge in [0.25, 0.3) is 5.91 Å². The highest BCUT2D eigenvalue weighted by Crippen LogP contribution is 2.29. The standard InChI is InChI=1S/C23H25N3O4/c1-30-18-13-11-16(12-14-18)24-21(27)15-25-20-10-6-5-9-19(20)22(28)26(23(25)29)17-7-3-2-4-8-17/h5-6,9-14,17H,2-4,7-8,15H2,1H3,(H,24,27)/p+2. The predicted octanol–water partition coefficient (Wildman–Crippen LogP) is 2.98. The van der Waals surface area contributed by atoms with Gasteiger partial charge in [0.15, 0.2) is 11.4 Å². The number of carbonyl (C=O) groups excluding carboxylic acids is 1. The van der Waals surface area contributed by atoms with E-state index in [1.54, 1.807) is 52.6 Å². The van der Waals surface area contributed by atoms with Crippen LogP contribution in [0.25, 0.3) is 10.9 Å². The summed E-state index contributed by atoms with van der Waals surface area (Å²) in [5, 5.41) is 25.4. The fourth-order valence-corrected chi connectivity index (χ4v) is 4.21. The smallest absolute Gasteiger partial charge is 0.497 e. The number of aromatic hydroxyl groups is 2. The number of nitrogens with one attached hydrogen (secondary N) is 1. The first-order chi connectivity index (χ1) is 14.6. The van der Waals surface area contributed by atoms with Gasteiger partial charge in [-0.3, -0.25) is 4.79 Å². The van der Waals surface area contributed by atoms with Crippen LogP contribution in [0.4, 0.5) is 5.69 Å². The number of benzene rings is 2. The molecule has 0 saturated heterocycles. The molecule has 1 aromatic heterocycles. The molecule has 1 amide bonds. The Morgan fingerprint density at radius 2 is 1.77 bits per heavy atom. The van der Waals surface area contributed by atoms with Crippen molar-refractivity contribution in [3.05, 3.63) is 48.5 Å². The first-order valence-electron chi connectivity index (χ1n) is 10.3. The average Bonchev–Trinajstić information content (AvgIpc) is 2.78. The van der Waals surface area contributed by atoms with E-state index >= 15 is 0 Å². The number of amides is 1. The Kier molecular flexibility index (Phi) is 5.70. The van der Waals surface area contributed by atoms with Crippen molar-refractivity contribution in [3.63, 3.8) is 0 Å². The Hall–Kier alpha value is -3.35. The highest BCUT2D eigenvalue weighted by Gasteiger charge is 2.39. The maximum Gasteiger partial charge on any atom is 0.632 e. The third-order valence-electron chi connectivity index (χ3n) is 5.74. The molecule has 0 bridgehead atoms. The maximum absolute atomic E-state index is 12.8. The van der Waals surface area contributed by atoms with Gasteiger partial charge in [-0.15, -0.1) is 0 Å². The van der Waals surface area contributed by atoms with Crippen LogP contribution < -0.4 is 19.2 Å². The maximum atomic E-state index is 12.8. The quantitative estimate of drug-likeness (QED) is 0.566. The van der Waals surface area contributed by atoms with Crippen LogP contribution >= 0.6 is 0 Å². The molecule has 0 aliphatic heterocycles. The number of fused-ring (bicyclic) bond motifs is 1. The van der Waals surface area contributed by atoms with Crippen LogP contribution in [0.15, 0.2) is 48.5 Å². The molecule has 0 unspecified atom stereocenters. The van der Waals surface area contributed by atoms with Gasteiger partial charge in [-0.1, -0.05) is 27.7 Å². The largest absolute Gasteiger partial charge is 0.632 e. The molecule has 3 N–H and O–H groups in total. The van der Waals surface area contributed by atoms with E-state index in [-0.39, 0.29) is 30.4 Å². The molecule has 4 rings (SSSR count). The molecule has 2 aromatic carbocycles. The zero-order valence-corrected chi connectivity index (χ0v) is 17.0. The van der Waals surface area contributed by atoms with Gasteiger partial charge in [0.2, 0.25) is 12.1 Å². The Balaban J connectivity index is 1.69. The van der Waals surface area contributed by atoms with E-state index in [1.165, 1.54) is 0 Å². The molecule has 0 radical (unpaired) electrons. The van der Waals surface area contributed by atoms with E-state index in [4.69, 9.17) is 4.74 Å². The molecule has 1 fully saturated rings. The molecule has 1 aliphatic carbocycles. The molecule has 1 aliphatic rings. The highest BCUT2D eigenvalue weighted by atomic mass is 16.5. The molecule has 0 spiro atoms. The molecule has 3 aromatic rings. The second-order valence-electron chi connectivity index (χ2n) is 7.67. The number of carbonyl (C=O) groups is 1. The number of anilines is 1. The summed E-state index contributed by atoms with van der Waals surface area (Å²) in [6.07, 6.45) is 5.06. The van der Waals surface area contributed by atoms with Crippen LogP contribution in [0.3, 0.4) is 0 Å². The Labute approximate surface area is 175 Å². The number of para-hydroxylation sites is 1. The molecule has 1 saturated carbocycles. The summed E-state index contributed by atoms with van der Waals surface area (Å²) in [7, 11) is 1.59. The SMILES string of the molecule is COc1ccc(NC(=O)C[n+]2c(O)[n+](C3CCCCC3)c(O)c3ccccc32)cc1. The average molecular weight is 409 g/mol. The minimum Gasteiger partial charge on any atom is -0.497 e. The number of aromatic nitrogens is 2. The summed E-state index contributed by atoms with van der Waals surface area (Å²) in [5.41, 5.74) is 1.24. The van der Waals surface area contributed by atoms with Crippen molar-refractivity contribution < 1.29 is 28.9 Å². The van der Waals surface area contributed by atoms with Crippen molar-refractivity contribution in [1.29, 1.82) is 0 Å². The van der Waals surface area contributed by atoms with Crippen molar-refractivity contribution in [3.8, 4) is 17.6 Å². The first-order valence-corrected chi connectivity index (χ1v) is 10.3. The van der Waals surface area contributed by atoms with Gasteiger partial charge in [0.1, 0.15) is 5.75 Å². The molecular weight excluding hydrogens is 382 g/mol. The second kappa shape index (κ2) is 8.57. The number of rotatable bonds is 5. The van der Waals surface area contributed by atoms with Crippen LogP contribution in [-0.4, -0.2) is 23.2 Å². The van der Waals surface area contributed by atoms with Crippen molar-refractivity contribution in [2.75, 3.05) is 12.4 Å². The Morgan fingerprint density at radius 1 is 1.07 bits per heavy atom. The molecule has 7 nitrogen and oxygen atoms in total. The van der Waals surface area contributed by atoms with Crippen molar-refractivity contribution >= 4 is 22.5 Å². The van der Waals surface area contributed by atoms with E-state index in [9.17, 15) is 15.0 Å². The van der Waals surface area contributed by atoms with Gasteiger partial charge in [0, 0.05) is 24.6 Å². The zero-order chi connectivity index (χ0) is 21.1. The fraction of sp³-hybridized carbons (Fsp3) is 0.348. The third-order valence-corrected chi connectivity index (χ3v) is 5.74. The molecule has 1 heterocycles. The number of hydrogen-bond acceptors (Lipinski definition) is 4. The molecular formula is C23H27N3O4+2. The monoisotopic (exact) mass is 409 g/mol. The third kappa shape index (κ3) is 3.87. The lowest BCUT2D eigenvalue weighted by Gasteiger charge is -2.17. The normalized spacial score (nSPS) is 14.6. The lowest BCUT2D eigenvalue weighted by atomic mass is 9.95. The number of nitrogens with zero attached hydrogens (tertiary/aromatic N) is 2. The number of hydrogen-bond donors (Lipinski definition) is 3. The van der Waals surface area contributed by atoms with Crippen molar-refractivity contribution in [2.45, 2.75) is 44.7 Å². The lowest BCUT2D eigenvalue weighted by Crippen LogP contribution is -2.53. The summed E-state index contributed by atoms with van der Waals surface area (Å²) in [6.45, 7) is -0.0780. The zero-order valence-electron chi connectivity index (χ0n) is 17.0. The fourth-order valence-electron chi connectivity index (χ4n) is 4.21. The minimum atomic E-state index is -0.272. The van der Waals surface area contributed by atoms with Crippen molar-refractivity contribution in [2.24, 2.45) is 0 Å². The van der Waals surface area contributed by atoms with E-state index in [1.807, 2.05) is 12.1 Å². The number of methoxy groups -OCH3 is 1. The van der Waals surface area contributed by atoms with E-state index in [2.05, 4.69) is 5.32 Å². The molecule has 30 heavy (non-hydrogen) atoms. The van der Waals surface area contributed by atoms with Crippen LogP contribution in [0.5, 0.6) is 17.6 Å². The topological polar surface area (TPSA) is 86.5 Å². The highest BCUT2D eigenvalue weighted by molar-refractivity contribution is 5.90. The first kappa shape index (κ1) is 19.9. The minimum absolute atomic E-state index is 0.0132. The number of ether oxygens (including phenoxy) is 1. The van der Waals surface area contributed by atoms with E-state index in [0.29, 0.717) is 22.3 Å². The van der Waals surface area contributed by atoms with E-state index in [0.717, 1.165) is 32.1 Å². The van der Waals surface area contributed by atoms with Crippen LogP contribution in [0, 0.1) is 0 Å². The van der Waals surface area contributed by atoms with Crippen LogP contribution in [0.1, 0.15) is 38.1 Å². The summed E-state index contributed by atoms with van der Waals surface area (Å²) in [5.74, 6) is 0.478. The Bertz CT molecular complexity index is 1060. The van der Waals surface area contributed by atoms with Gasteiger partial charge in [-0.25, -0.2) is 0 Å². The lowest BCUT2D eigenvalue weighted by molar-refractivity contribution is -0.830. The van der Waals surface area contributed by atoms with Crippen LogP contribution in [-0.2, 0) is 11.3 Å². The predicted molar refractivity (Wildman–Crippen MR) is 111 cm³/mol. The molecule has 156 valence electrons. The van der Waals surface area contributed by atoms with Gasteiger partial charge in [-0.05, 0) is 43.2 Å². The van der Waals surface area contributed by atoms with Crippen LogP contribution in [0.2, 0.25) is 0 Å². The second-order valence-corrected chi connectivity index (χ2v) is 7.67. The molecule has 7 heteroatoms. The summed E-state index contributed by atoms with van der Waals surface area (Å²) in [4.78, 5) is 12.8. The summed E-state index contributed by atoms with van der Waals surface area (Å²) in [6, 6.07) is 14.2. The van der Waals surface area contributed by atoms with E-state index < -0.39 is 0 Å².